The number of rotatable bonds is 8. The molecule has 0 radical (unpaired) electrons. The molecule has 268 valence electrons. The highest BCUT2D eigenvalue weighted by Gasteiger charge is 2.72. The smallest absolute Gasteiger partial charge is 0.258 e. The van der Waals surface area contributed by atoms with Crippen molar-refractivity contribution in [1.82, 2.24) is 29.8 Å². The number of aromatic nitrogens is 4. The first kappa shape index (κ1) is 31.4. The zero-order valence-corrected chi connectivity index (χ0v) is 29.5. The third-order valence-corrected chi connectivity index (χ3v) is 13.1. The summed E-state index contributed by atoms with van der Waals surface area (Å²) in [4.78, 5) is 50.6. The lowest BCUT2D eigenvalue weighted by Crippen LogP contribution is -2.75. The van der Waals surface area contributed by atoms with Gasteiger partial charge in [0.25, 0.3) is 5.91 Å². The Balaban J connectivity index is 0.987. The molecule has 1 N–H and O–H groups in total. The molecule has 3 aromatic rings. The van der Waals surface area contributed by atoms with Crippen LogP contribution in [0.4, 0.5) is 11.4 Å². The van der Waals surface area contributed by atoms with Gasteiger partial charge < -0.3 is 34.1 Å². The summed E-state index contributed by atoms with van der Waals surface area (Å²) < 4.78 is 13.5. The van der Waals surface area contributed by atoms with E-state index < -0.39 is 0 Å². The van der Waals surface area contributed by atoms with Crippen molar-refractivity contribution in [3.8, 4) is 5.75 Å². The van der Waals surface area contributed by atoms with Crippen LogP contribution in [0.3, 0.4) is 0 Å². The summed E-state index contributed by atoms with van der Waals surface area (Å²) in [6.45, 7) is 5.45. The molecule has 5 aliphatic carbocycles. The van der Waals surface area contributed by atoms with Crippen LogP contribution >= 0.6 is 0 Å². The van der Waals surface area contributed by atoms with Crippen LogP contribution in [-0.4, -0.2) is 100 Å². The predicted octanol–water partition coefficient (Wildman–Crippen LogP) is 3.19. The molecule has 6 fully saturated rings. The van der Waals surface area contributed by atoms with E-state index in [1.54, 1.807) is 4.80 Å². The van der Waals surface area contributed by atoms with Gasteiger partial charge in [-0.2, -0.15) is 4.80 Å². The monoisotopic (exact) mass is 694 g/mol. The van der Waals surface area contributed by atoms with Crippen LogP contribution in [0.15, 0.2) is 29.1 Å². The van der Waals surface area contributed by atoms with Crippen LogP contribution < -0.4 is 25.3 Å². The SMILES string of the molecule is CCc1c(N2CCN(C(=O)c3cccc4c3OCCN4C)[C@H]3CC[C@@H]32)c(=O)c2nn(C3=CCOCC3)nc2n1CC(=O)NC12CC(C3CC3)(C1)C2. The molecule has 5 heterocycles. The topological polar surface area (TPSA) is 127 Å². The number of amides is 2. The van der Waals surface area contributed by atoms with Crippen molar-refractivity contribution in [2.75, 3.05) is 56.3 Å². The molecule has 51 heavy (non-hydrogen) atoms. The molecule has 0 unspecified atom stereocenters. The fourth-order valence-corrected chi connectivity index (χ4v) is 10.4. The van der Waals surface area contributed by atoms with Gasteiger partial charge in [0.15, 0.2) is 16.9 Å². The van der Waals surface area contributed by atoms with E-state index in [1.165, 1.54) is 12.8 Å². The number of ether oxygens (including phenoxy) is 2. The molecule has 13 heteroatoms. The van der Waals surface area contributed by atoms with E-state index in [0.29, 0.717) is 73.8 Å². The first-order chi connectivity index (χ1) is 24.8. The van der Waals surface area contributed by atoms with Gasteiger partial charge in [0.2, 0.25) is 11.3 Å². The molecule has 5 saturated carbocycles. The van der Waals surface area contributed by atoms with Crippen LogP contribution in [0.25, 0.3) is 16.9 Å². The summed E-state index contributed by atoms with van der Waals surface area (Å²) in [5.74, 6) is 1.44. The summed E-state index contributed by atoms with van der Waals surface area (Å²) in [5.41, 5.74) is 4.74. The predicted molar refractivity (Wildman–Crippen MR) is 191 cm³/mol. The number of para-hydroxylation sites is 1. The first-order valence-corrected chi connectivity index (χ1v) is 18.9. The minimum Gasteiger partial charge on any atom is -0.489 e. The van der Waals surface area contributed by atoms with Crippen molar-refractivity contribution >= 4 is 40.1 Å². The number of carbonyl (C=O) groups is 2. The number of benzene rings is 1. The van der Waals surface area contributed by atoms with Gasteiger partial charge in [-0.05, 0) is 80.9 Å². The molecular weight excluding hydrogens is 648 g/mol. The molecule has 2 atom stereocenters. The maximum absolute atomic E-state index is 14.6. The highest BCUT2D eigenvalue weighted by Crippen LogP contribution is 2.75. The summed E-state index contributed by atoms with van der Waals surface area (Å²) >= 11 is 0. The number of nitrogens with zero attached hydrogens (tertiary/aromatic N) is 7. The highest BCUT2D eigenvalue weighted by molar-refractivity contribution is 5.99. The largest absolute Gasteiger partial charge is 0.489 e. The Bertz CT molecular complexity index is 2040. The summed E-state index contributed by atoms with van der Waals surface area (Å²) in [6.07, 6.45) is 10.8. The number of hydrogen-bond donors (Lipinski definition) is 1. The number of pyridine rings is 1. The quantitative estimate of drug-likeness (QED) is 0.379. The fraction of sp³-hybridized carbons (Fsp3) is 0.605. The Morgan fingerprint density at radius 2 is 1.84 bits per heavy atom. The standard InChI is InChI=1S/C38H46N8O5/c1-3-26-32(43-13-14-44(28-10-9-27(28)43)36(49)25-5-4-6-29-34(25)51-18-15-42(29)2)33(48)31-35(41-46(40-31)24-11-16-50-17-12-24)45(26)19-30(47)39-38-20-37(21-38,22-38)23-7-8-23/h4-6,11,23,27-28H,3,7-10,12-22H2,1-2H3,(H,39,47)/t27-,28-,37?,38?/m0/s1. The van der Waals surface area contributed by atoms with E-state index in [2.05, 4.69) is 15.1 Å². The molecule has 3 aliphatic heterocycles. The average Bonchev–Trinajstić information content (AvgIpc) is 3.83. The summed E-state index contributed by atoms with van der Waals surface area (Å²) in [5, 5.41) is 13.1. The lowest BCUT2D eigenvalue weighted by Gasteiger charge is -2.71. The van der Waals surface area contributed by atoms with Gasteiger partial charge in [-0.25, -0.2) is 0 Å². The zero-order chi connectivity index (χ0) is 34.6. The van der Waals surface area contributed by atoms with E-state index in [1.807, 2.05) is 47.7 Å². The maximum atomic E-state index is 14.6. The van der Waals surface area contributed by atoms with Crippen LogP contribution in [0.1, 0.15) is 74.3 Å². The number of carbonyl (C=O) groups excluding carboxylic acids is 2. The Kier molecular flexibility index (Phi) is 6.95. The van der Waals surface area contributed by atoms with Gasteiger partial charge in [0.05, 0.1) is 42.7 Å². The second kappa shape index (κ2) is 11.3. The van der Waals surface area contributed by atoms with Gasteiger partial charge in [0, 0.05) is 43.8 Å². The Labute approximate surface area is 296 Å². The maximum Gasteiger partial charge on any atom is 0.258 e. The number of anilines is 2. The number of piperazine rings is 1. The number of fused-ring (bicyclic) bond motifs is 3. The lowest BCUT2D eigenvalue weighted by atomic mass is 9.37. The molecule has 11 rings (SSSR count). The molecule has 1 aromatic carbocycles. The van der Waals surface area contributed by atoms with Gasteiger partial charge in [-0.3, -0.25) is 14.4 Å². The van der Waals surface area contributed by atoms with E-state index in [9.17, 15) is 14.4 Å². The Hall–Kier alpha value is -4.39. The van der Waals surface area contributed by atoms with E-state index in [4.69, 9.17) is 19.7 Å². The zero-order valence-electron chi connectivity index (χ0n) is 29.5. The van der Waals surface area contributed by atoms with Crippen molar-refractivity contribution in [2.45, 2.75) is 88.9 Å². The minimum atomic E-state index is -0.165. The van der Waals surface area contributed by atoms with Crippen molar-refractivity contribution < 1.29 is 19.1 Å². The number of nitrogens with one attached hydrogen (secondary N) is 1. The van der Waals surface area contributed by atoms with Gasteiger partial charge in [-0.1, -0.05) is 13.0 Å². The molecule has 2 amide bonds. The van der Waals surface area contributed by atoms with E-state index in [0.717, 1.165) is 61.6 Å². The van der Waals surface area contributed by atoms with Crippen LogP contribution in [0, 0.1) is 11.3 Å². The third-order valence-electron chi connectivity index (χ3n) is 13.1. The van der Waals surface area contributed by atoms with Crippen LogP contribution in [0.2, 0.25) is 0 Å². The fourth-order valence-electron chi connectivity index (χ4n) is 10.4. The second-order valence-electron chi connectivity index (χ2n) is 16.1. The molecule has 13 nitrogen and oxygen atoms in total. The normalized spacial score (nSPS) is 29.2. The van der Waals surface area contributed by atoms with Gasteiger partial charge in [-0.15, -0.1) is 10.2 Å². The molecule has 8 aliphatic rings. The average molecular weight is 695 g/mol. The molecule has 2 aromatic heterocycles. The molecule has 2 bridgehead atoms. The third kappa shape index (κ3) is 4.72. The molecular formula is C38H46N8O5. The van der Waals surface area contributed by atoms with Crippen molar-refractivity contribution in [3.63, 3.8) is 0 Å². The molecule has 1 saturated heterocycles. The summed E-state index contributed by atoms with van der Waals surface area (Å²) in [6, 6.07) is 5.73. The van der Waals surface area contributed by atoms with Crippen molar-refractivity contribution in [3.05, 3.63) is 45.8 Å². The Morgan fingerprint density at radius 1 is 1.02 bits per heavy atom. The number of likely N-dealkylation sites (N-methyl/N-ethyl adjacent to an activating group) is 1. The van der Waals surface area contributed by atoms with Crippen molar-refractivity contribution in [1.29, 1.82) is 0 Å². The van der Waals surface area contributed by atoms with Gasteiger partial charge >= 0.3 is 0 Å². The lowest BCUT2D eigenvalue weighted by molar-refractivity contribution is -0.176. The van der Waals surface area contributed by atoms with Crippen LogP contribution in [-0.2, 0) is 22.5 Å². The highest BCUT2D eigenvalue weighted by atomic mass is 16.5. The van der Waals surface area contributed by atoms with Gasteiger partial charge in [0.1, 0.15) is 18.8 Å². The first-order valence-electron chi connectivity index (χ1n) is 18.9. The van der Waals surface area contributed by atoms with E-state index >= 15 is 0 Å². The Morgan fingerprint density at radius 3 is 2.57 bits per heavy atom. The second-order valence-corrected chi connectivity index (χ2v) is 16.1. The van der Waals surface area contributed by atoms with E-state index in [-0.39, 0.29) is 46.9 Å². The molecule has 0 spiro atoms. The summed E-state index contributed by atoms with van der Waals surface area (Å²) in [7, 11) is 2.02. The van der Waals surface area contributed by atoms with Crippen LogP contribution in [0.5, 0.6) is 5.75 Å². The number of hydrogen-bond acceptors (Lipinski definition) is 9. The van der Waals surface area contributed by atoms with Crippen molar-refractivity contribution in [2.24, 2.45) is 11.3 Å². The minimum absolute atomic E-state index is 0.0174.